The molecule has 0 radical (unpaired) electrons. The van der Waals surface area contributed by atoms with E-state index in [0.29, 0.717) is 16.6 Å². The highest BCUT2D eigenvalue weighted by Gasteiger charge is 2.30. The van der Waals surface area contributed by atoms with E-state index in [1.54, 1.807) is 0 Å². The first-order chi connectivity index (χ1) is 7.33. The zero-order valence-electron chi connectivity index (χ0n) is 8.41. The van der Waals surface area contributed by atoms with E-state index < -0.39 is 12.6 Å². The Morgan fingerprint density at radius 1 is 1.31 bits per heavy atom. The first-order valence-corrected chi connectivity index (χ1v) is 5.78. The molecule has 0 amide bonds. The number of hydrogen-bond donors (Lipinski definition) is 0. The van der Waals surface area contributed by atoms with Crippen molar-refractivity contribution in [2.75, 3.05) is 0 Å². The molecule has 0 N–H and O–H groups in total. The van der Waals surface area contributed by atoms with Crippen molar-refractivity contribution >= 4 is 27.5 Å². The van der Waals surface area contributed by atoms with Gasteiger partial charge in [0.05, 0.1) is 10.2 Å². The van der Waals surface area contributed by atoms with Crippen LogP contribution >= 0.6 is 27.5 Å². The van der Waals surface area contributed by atoms with Gasteiger partial charge in [-0.1, -0.05) is 24.9 Å². The second-order valence-electron chi connectivity index (χ2n) is 3.23. The fraction of sp³-hybridized carbons (Fsp3) is 0.556. The minimum absolute atomic E-state index is 0.0256. The molecule has 0 aromatic carbocycles. The van der Waals surface area contributed by atoms with Gasteiger partial charge in [0.2, 0.25) is 0 Å². The van der Waals surface area contributed by atoms with Crippen LogP contribution in [0.2, 0.25) is 5.15 Å². The lowest BCUT2D eigenvalue weighted by molar-refractivity contribution is -0.128. The maximum atomic E-state index is 12.2. The van der Waals surface area contributed by atoms with Crippen molar-refractivity contribution in [2.45, 2.75) is 32.4 Å². The summed E-state index contributed by atoms with van der Waals surface area (Å²) in [5.74, 6) is -0.288. The molecule has 7 heteroatoms. The third-order valence-electron chi connectivity index (χ3n) is 1.77. The predicted octanol–water partition coefficient (Wildman–Crippen LogP) is 3.95. The van der Waals surface area contributed by atoms with Gasteiger partial charge in [-0.3, -0.25) is 0 Å². The first kappa shape index (κ1) is 13.7. The Balaban J connectivity index is 3.04. The molecule has 2 nitrogen and oxygen atoms in total. The largest absolute Gasteiger partial charge is 0.396 e. The van der Waals surface area contributed by atoms with Gasteiger partial charge >= 0.3 is 6.18 Å². The van der Waals surface area contributed by atoms with Crippen LogP contribution in [0.4, 0.5) is 13.2 Å². The van der Waals surface area contributed by atoms with Crippen molar-refractivity contribution in [3.05, 3.63) is 21.1 Å². The maximum Gasteiger partial charge on any atom is 0.396 e. The average Bonchev–Trinajstić information content (AvgIpc) is 2.11. The molecule has 0 saturated carbocycles. The van der Waals surface area contributed by atoms with Crippen molar-refractivity contribution in [2.24, 2.45) is 0 Å². The standard InChI is InChI=1S/C9H9BrClF3N2/c1-2-3-5-7(10)8(11)16-6(15-5)4-9(12,13)14/h2-4H2,1H3. The fourth-order valence-corrected chi connectivity index (χ4v) is 1.75. The van der Waals surface area contributed by atoms with Crippen LogP contribution in [-0.2, 0) is 12.8 Å². The van der Waals surface area contributed by atoms with Crippen molar-refractivity contribution in [1.82, 2.24) is 9.97 Å². The Labute approximate surface area is 104 Å². The quantitative estimate of drug-likeness (QED) is 0.789. The number of aryl methyl sites for hydroxylation is 1. The summed E-state index contributed by atoms with van der Waals surface area (Å²) in [6.45, 7) is 1.91. The number of alkyl halides is 3. The Morgan fingerprint density at radius 3 is 2.44 bits per heavy atom. The number of halogens is 5. The van der Waals surface area contributed by atoms with Crippen LogP contribution in [0.3, 0.4) is 0 Å². The molecule has 1 aromatic heterocycles. The van der Waals surface area contributed by atoms with Crippen LogP contribution in [-0.4, -0.2) is 16.1 Å². The molecule has 1 rings (SSSR count). The molecule has 0 unspecified atom stereocenters. The third kappa shape index (κ3) is 3.90. The summed E-state index contributed by atoms with van der Waals surface area (Å²) in [5, 5.41) is 0.0256. The highest BCUT2D eigenvalue weighted by Crippen LogP contribution is 2.26. The summed E-state index contributed by atoms with van der Waals surface area (Å²) in [4.78, 5) is 7.43. The van der Waals surface area contributed by atoms with Crippen molar-refractivity contribution in [3.63, 3.8) is 0 Å². The van der Waals surface area contributed by atoms with Gasteiger partial charge in [-0.2, -0.15) is 13.2 Å². The minimum Gasteiger partial charge on any atom is -0.236 e. The van der Waals surface area contributed by atoms with Gasteiger partial charge in [-0.25, -0.2) is 9.97 Å². The van der Waals surface area contributed by atoms with Gasteiger partial charge in [-0.15, -0.1) is 0 Å². The summed E-state index contributed by atoms with van der Waals surface area (Å²) in [5.41, 5.74) is 0.516. The first-order valence-electron chi connectivity index (χ1n) is 4.61. The van der Waals surface area contributed by atoms with Crippen LogP contribution < -0.4 is 0 Å². The molecule has 0 aliphatic carbocycles. The predicted molar refractivity (Wildman–Crippen MR) is 58.5 cm³/mol. The van der Waals surface area contributed by atoms with E-state index in [1.165, 1.54) is 0 Å². The summed E-state index contributed by atoms with van der Waals surface area (Å²) in [6, 6.07) is 0. The average molecular weight is 318 g/mol. The molecular formula is C9H9BrClF3N2. The lowest BCUT2D eigenvalue weighted by Crippen LogP contribution is -2.15. The molecule has 90 valence electrons. The maximum absolute atomic E-state index is 12.2. The molecule has 16 heavy (non-hydrogen) atoms. The minimum atomic E-state index is -4.32. The van der Waals surface area contributed by atoms with Crippen LogP contribution in [0.15, 0.2) is 4.47 Å². The van der Waals surface area contributed by atoms with Crippen LogP contribution in [0.25, 0.3) is 0 Å². The zero-order chi connectivity index (χ0) is 12.3. The summed E-state index contributed by atoms with van der Waals surface area (Å²) in [7, 11) is 0. The van der Waals surface area contributed by atoms with Crippen LogP contribution in [0.5, 0.6) is 0 Å². The van der Waals surface area contributed by atoms with Gasteiger partial charge in [0, 0.05) is 0 Å². The van der Waals surface area contributed by atoms with Crippen molar-refractivity contribution < 1.29 is 13.2 Å². The summed E-state index contributed by atoms with van der Waals surface area (Å²) < 4.78 is 36.9. The fourth-order valence-electron chi connectivity index (χ4n) is 1.17. The van der Waals surface area contributed by atoms with E-state index in [0.717, 1.165) is 6.42 Å². The molecule has 0 bridgehead atoms. The highest BCUT2D eigenvalue weighted by molar-refractivity contribution is 9.10. The molecule has 1 heterocycles. The number of hydrogen-bond acceptors (Lipinski definition) is 2. The molecular weight excluding hydrogens is 308 g/mol. The van der Waals surface area contributed by atoms with Crippen LogP contribution in [0, 0.1) is 0 Å². The Morgan fingerprint density at radius 2 is 1.94 bits per heavy atom. The molecule has 0 spiro atoms. The van der Waals surface area contributed by atoms with Crippen molar-refractivity contribution in [3.8, 4) is 0 Å². The molecule has 0 saturated heterocycles. The summed E-state index contributed by atoms with van der Waals surface area (Å²) >= 11 is 8.88. The Kier molecular flexibility index (Phi) is 4.55. The normalized spacial score (nSPS) is 11.9. The van der Waals surface area contributed by atoms with E-state index in [4.69, 9.17) is 11.6 Å². The van der Waals surface area contributed by atoms with E-state index in [-0.39, 0.29) is 11.0 Å². The van der Waals surface area contributed by atoms with Gasteiger partial charge in [0.25, 0.3) is 0 Å². The SMILES string of the molecule is CCCc1nc(CC(F)(F)F)nc(Cl)c1Br. The monoisotopic (exact) mass is 316 g/mol. The topological polar surface area (TPSA) is 25.8 Å². The smallest absolute Gasteiger partial charge is 0.236 e. The lowest BCUT2D eigenvalue weighted by atomic mass is 10.2. The molecule has 1 aromatic rings. The van der Waals surface area contributed by atoms with Gasteiger partial charge in [-0.05, 0) is 22.4 Å². The molecule has 0 aliphatic rings. The van der Waals surface area contributed by atoms with E-state index in [1.807, 2.05) is 6.92 Å². The second-order valence-corrected chi connectivity index (χ2v) is 4.38. The highest BCUT2D eigenvalue weighted by atomic mass is 79.9. The van der Waals surface area contributed by atoms with Gasteiger partial charge in [0.1, 0.15) is 17.4 Å². The zero-order valence-corrected chi connectivity index (χ0v) is 10.7. The number of aromatic nitrogens is 2. The lowest BCUT2D eigenvalue weighted by Gasteiger charge is -2.09. The number of nitrogens with zero attached hydrogens (tertiary/aromatic N) is 2. The van der Waals surface area contributed by atoms with Gasteiger partial charge in [0.15, 0.2) is 0 Å². The van der Waals surface area contributed by atoms with E-state index >= 15 is 0 Å². The van der Waals surface area contributed by atoms with Crippen molar-refractivity contribution in [1.29, 1.82) is 0 Å². The van der Waals surface area contributed by atoms with E-state index in [2.05, 4.69) is 25.9 Å². The molecule has 0 fully saturated rings. The van der Waals surface area contributed by atoms with Crippen LogP contribution in [0.1, 0.15) is 24.9 Å². The molecule has 0 atom stereocenters. The Hall–Kier alpha value is -0.360. The molecule has 0 aliphatic heterocycles. The third-order valence-corrected chi connectivity index (χ3v) is 3.11. The number of rotatable bonds is 3. The Bertz CT molecular complexity index is 382. The van der Waals surface area contributed by atoms with E-state index in [9.17, 15) is 13.2 Å². The second kappa shape index (κ2) is 5.31. The summed E-state index contributed by atoms with van der Waals surface area (Å²) in [6.07, 6.45) is -4.14. The van der Waals surface area contributed by atoms with Gasteiger partial charge < -0.3 is 0 Å².